The van der Waals surface area contributed by atoms with Crippen molar-refractivity contribution in [1.82, 2.24) is 10.2 Å². The summed E-state index contributed by atoms with van der Waals surface area (Å²) in [5.74, 6) is 2.86. The van der Waals surface area contributed by atoms with Gasteiger partial charge in [-0.25, -0.2) is 0 Å². The monoisotopic (exact) mass is 248 g/mol. The summed E-state index contributed by atoms with van der Waals surface area (Å²) < 4.78 is 5.49. The zero-order valence-electron chi connectivity index (χ0n) is 11.4. The van der Waals surface area contributed by atoms with Crippen LogP contribution in [0.15, 0.2) is 22.8 Å². The second-order valence-electron chi connectivity index (χ2n) is 5.89. The molecule has 4 unspecified atom stereocenters. The zero-order valence-corrected chi connectivity index (χ0v) is 11.4. The molecule has 100 valence electrons. The average molecular weight is 248 g/mol. The van der Waals surface area contributed by atoms with Crippen LogP contribution in [0.1, 0.15) is 26.0 Å². The van der Waals surface area contributed by atoms with Gasteiger partial charge in [-0.2, -0.15) is 0 Å². The maximum atomic E-state index is 5.49. The summed E-state index contributed by atoms with van der Waals surface area (Å²) in [5, 5.41) is 3.55. The molecule has 0 bridgehead atoms. The molecule has 0 saturated carbocycles. The van der Waals surface area contributed by atoms with Gasteiger partial charge in [-0.15, -0.1) is 0 Å². The molecule has 2 aliphatic heterocycles. The van der Waals surface area contributed by atoms with Crippen LogP contribution in [0.25, 0.3) is 0 Å². The number of furan rings is 1. The molecule has 3 heteroatoms. The Morgan fingerprint density at radius 3 is 3.11 bits per heavy atom. The van der Waals surface area contributed by atoms with Crippen LogP contribution in [0.3, 0.4) is 0 Å². The van der Waals surface area contributed by atoms with E-state index in [1.807, 2.05) is 6.07 Å². The van der Waals surface area contributed by atoms with Crippen molar-refractivity contribution in [3.05, 3.63) is 24.2 Å². The Hall–Kier alpha value is -0.800. The highest BCUT2D eigenvalue weighted by atomic mass is 16.3. The SMILES string of the molecule is CCC1C2CNCC2CN1C(C)Cc1ccco1. The van der Waals surface area contributed by atoms with Gasteiger partial charge in [0.25, 0.3) is 0 Å². The lowest BCUT2D eigenvalue weighted by Gasteiger charge is -2.32. The standard InChI is InChI=1S/C15H24N2O/c1-3-15-14-9-16-8-12(14)10-17(15)11(2)7-13-5-4-6-18-13/h4-6,11-12,14-16H,3,7-10H2,1-2H3. The first-order valence-electron chi connectivity index (χ1n) is 7.28. The Morgan fingerprint density at radius 2 is 2.39 bits per heavy atom. The predicted octanol–water partition coefficient (Wildman–Crippen LogP) is 2.14. The van der Waals surface area contributed by atoms with Crippen LogP contribution in [0, 0.1) is 11.8 Å². The maximum absolute atomic E-state index is 5.49. The van der Waals surface area contributed by atoms with Crippen LogP contribution in [-0.4, -0.2) is 36.6 Å². The van der Waals surface area contributed by atoms with Crippen LogP contribution in [0.2, 0.25) is 0 Å². The summed E-state index contributed by atoms with van der Waals surface area (Å²) in [6, 6.07) is 5.43. The first-order valence-corrected chi connectivity index (χ1v) is 7.28. The molecule has 3 heterocycles. The van der Waals surface area contributed by atoms with Crippen LogP contribution >= 0.6 is 0 Å². The van der Waals surface area contributed by atoms with Gasteiger partial charge in [0.15, 0.2) is 0 Å². The number of nitrogens with one attached hydrogen (secondary N) is 1. The Kier molecular flexibility index (Phi) is 3.44. The number of rotatable bonds is 4. The van der Waals surface area contributed by atoms with Crippen molar-refractivity contribution in [1.29, 1.82) is 0 Å². The van der Waals surface area contributed by atoms with Gasteiger partial charge in [-0.05, 0) is 50.4 Å². The molecule has 2 aliphatic rings. The summed E-state index contributed by atoms with van der Waals surface area (Å²) in [6.07, 6.45) is 4.09. The van der Waals surface area contributed by atoms with E-state index in [2.05, 4.69) is 30.1 Å². The van der Waals surface area contributed by atoms with Crippen LogP contribution < -0.4 is 5.32 Å². The third kappa shape index (κ3) is 2.10. The fraction of sp³-hybridized carbons (Fsp3) is 0.733. The highest BCUT2D eigenvalue weighted by Crippen LogP contribution is 2.35. The molecule has 18 heavy (non-hydrogen) atoms. The van der Waals surface area contributed by atoms with E-state index in [-0.39, 0.29) is 0 Å². The topological polar surface area (TPSA) is 28.4 Å². The molecule has 3 rings (SSSR count). The van der Waals surface area contributed by atoms with Crippen molar-refractivity contribution < 1.29 is 4.42 Å². The van der Waals surface area contributed by atoms with Gasteiger partial charge in [-0.3, -0.25) is 4.90 Å². The minimum absolute atomic E-state index is 0.590. The highest BCUT2D eigenvalue weighted by molar-refractivity contribution is 5.04. The second-order valence-corrected chi connectivity index (χ2v) is 5.89. The normalized spacial score (nSPS) is 33.8. The third-order valence-electron chi connectivity index (χ3n) is 4.82. The van der Waals surface area contributed by atoms with Crippen LogP contribution in [-0.2, 0) is 6.42 Å². The van der Waals surface area contributed by atoms with Gasteiger partial charge in [0.05, 0.1) is 6.26 Å². The van der Waals surface area contributed by atoms with Crippen molar-refractivity contribution in [2.45, 2.75) is 38.8 Å². The Bertz CT molecular complexity index is 376. The first-order chi connectivity index (χ1) is 8.79. The Labute approximate surface area is 110 Å². The third-order valence-corrected chi connectivity index (χ3v) is 4.82. The summed E-state index contributed by atoms with van der Waals surface area (Å²) in [4.78, 5) is 2.72. The quantitative estimate of drug-likeness (QED) is 0.885. The van der Waals surface area contributed by atoms with Crippen LogP contribution in [0.5, 0.6) is 0 Å². The molecule has 0 aromatic carbocycles. The number of likely N-dealkylation sites (tertiary alicyclic amines) is 1. The van der Waals surface area contributed by atoms with E-state index >= 15 is 0 Å². The minimum Gasteiger partial charge on any atom is -0.469 e. The van der Waals surface area contributed by atoms with Gasteiger partial charge < -0.3 is 9.73 Å². The number of hydrogen-bond donors (Lipinski definition) is 1. The van der Waals surface area contributed by atoms with E-state index in [1.54, 1.807) is 6.26 Å². The number of fused-ring (bicyclic) bond motifs is 1. The molecule has 2 saturated heterocycles. The van der Waals surface area contributed by atoms with Gasteiger partial charge >= 0.3 is 0 Å². The Morgan fingerprint density at radius 1 is 1.50 bits per heavy atom. The predicted molar refractivity (Wildman–Crippen MR) is 72.5 cm³/mol. The van der Waals surface area contributed by atoms with Gasteiger partial charge in [0, 0.05) is 25.0 Å². The zero-order chi connectivity index (χ0) is 12.5. The number of hydrogen-bond acceptors (Lipinski definition) is 3. The molecule has 2 fully saturated rings. The van der Waals surface area contributed by atoms with Crippen LogP contribution in [0.4, 0.5) is 0 Å². The molecule has 1 N–H and O–H groups in total. The molecule has 1 aromatic rings. The molecule has 0 amide bonds. The lowest BCUT2D eigenvalue weighted by atomic mass is 9.92. The summed E-state index contributed by atoms with van der Waals surface area (Å²) in [7, 11) is 0. The molecule has 1 aromatic heterocycles. The largest absolute Gasteiger partial charge is 0.469 e. The van der Waals surface area contributed by atoms with Crippen molar-refractivity contribution in [2.24, 2.45) is 11.8 Å². The summed E-state index contributed by atoms with van der Waals surface area (Å²) in [5.41, 5.74) is 0. The van der Waals surface area contributed by atoms with E-state index in [0.29, 0.717) is 6.04 Å². The maximum Gasteiger partial charge on any atom is 0.105 e. The van der Waals surface area contributed by atoms with Gasteiger partial charge in [0.1, 0.15) is 5.76 Å². The minimum atomic E-state index is 0.590. The fourth-order valence-corrected chi connectivity index (χ4v) is 3.94. The fourth-order valence-electron chi connectivity index (χ4n) is 3.94. The van der Waals surface area contributed by atoms with E-state index in [4.69, 9.17) is 4.42 Å². The van der Waals surface area contributed by atoms with Gasteiger partial charge in [-0.1, -0.05) is 6.92 Å². The first kappa shape index (κ1) is 12.2. The molecular weight excluding hydrogens is 224 g/mol. The second kappa shape index (κ2) is 5.06. The van der Waals surface area contributed by atoms with Crippen molar-refractivity contribution in [2.75, 3.05) is 19.6 Å². The molecule has 0 spiro atoms. The van der Waals surface area contributed by atoms with Crippen molar-refractivity contribution in [3.63, 3.8) is 0 Å². The van der Waals surface area contributed by atoms with Crippen molar-refractivity contribution >= 4 is 0 Å². The van der Waals surface area contributed by atoms with E-state index in [1.165, 1.54) is 26.1 Å². The van der Waals surface area contributed by atoms with Gasteiger partial charge in [0.2, 0.25) is 0 Å². The molecule has 3 nitrogen and oxygen atoms in total. The summed E-state index contributed by atoms with van der Waals surface area (Å²) >= 11 is 0. The molecule has 0 radical (unpaired) electrons. The lowest BCUT2D eigenvalue weighted by Crippen LogP contribution is -2.41. The molecule has 0 aliphatic carbocycles. The highest BCUT2D eigenvalue weighted by Gasteiger charge is 2.44. The average Bonchev–Trinajstić information content (AvgIpc) is 3.03. The van der Waals surface area contributed by atoms with E-state index < -0.39 is 0 Å². The van der Waals surface area contributed by atoms with Crippen molar-refractivity contribution in [3.8, 4) is 0 Å². The van der Waals surface area contributed by atoms with E-state index in [0.717, 1.165) is 30.1 Å². The Balaban J connectivity index is 1.68. The molecule has 4 atom stereocenters. The summed E-state index contributed by atoms with van der Waals surface area (Å²) in [6.45, 7) is 8.37. The molecular formula is C15H24N2O. The van der Waals surface area contributed by atoms with E-state index in [9.17, 15) is 0 Å². The lowest BCUT2D eigenvalue weighted by molar-refractivity contribution is 0.159. The smallest absolute Gasteiger partial charge is 0.105 e. The number of nitrogens with zero attached hydrogens (tertiary/aromatic N) is 1.